The average Bonchev–Trinajstić information content (AvgIpc) is 2.33. The molecule has 1 N–H and O–H groups in total. The Labute approximate surface area is 110 Å². The topological polar surface area (TPSA) is 24.9 Å². The molecule has 0 spiro atoms. The van der Waals surface area contributed by atoms with Gasteiger partial charge in [-0.25, -0.2) is 0 Å². The number of hydrogen-bond acceptors (Lipinski definition) is 2. The van der Waals surface area contributed by atoms with Gasteiger partial charge in [-0.1, -0.05) is 22.0 Å². The molecule has 17 heavy (non-hydrogen) atoms. The van der Waals surface area contributed by atoms with E-state index in [0.717, 1.165) is 16.7 Å². The van der Waals surface area contributed by atoms with Crippen LogP contribution in [-0.4, -0.2) is 4.98 Å². The van der Waals surface area contributed by atoms with Gasteiger partial charge >= 0.3 is 0 Å². The second-order valence-corrected chi connectivity index (χ2v) is 4.92. The molecule has 2 aromatic rings. The summed E-state index contributed by atoms with van der Waals surface area (Å²) >= 11 is 3.53. The minimum atomic E-state index is 0.803. The van der Waals surface area contributed by atoms with Gasteiger partial charge in [-0.2, -0.15) is 0 Å². The molecular weight excluding hydrogens is 276 g/mol. The molecule has 0 aliphatic rings. The van der Waals surface area contributed by atoms with Crippen LogP contribution >= 0.6 is 15.9 Å². The van der Waals surface area contributed by atoms with Crippen molar-refractivity contribution in [1.29, 1.82) is 0 Å². The first-order valence-corrected chi connectivity index (χ1v) is 6.36. The molecule has 1 heterocycles. The number of nitrogens with one attached hydrogen (secondary N) is 1. The smallest absolute Gasteiger partial charge is 0.0418 e. The van der Waals surface area contributed by atoms with E-state index in [0.29, 0.717) is 0 Å². The summed E-state index contributed by atoms with van der Waals surface area (Å²) < 4.78 is 1.13. The van der Waals surface area contributed by atoms with E-state index in [1.807, 2.05) is 24.5 Å². The highest BCUT2D eigenvalue weighted by molar-refractivity contribution is 9.10. The van der Waals surface area contributed by atoms with Gasteiger partial charge in [0.25, 0.3) is 0 Å². The highest BCUT2D eigenvalue weighted by Crippen LogP contribution is 2.24. The molecule has 0 saturated heterocycles. The SMILES string of the molecule is Cc1ccncc1CNc1cccc(Br)c1C. The molecule has 0 aliphatic heterocycles. The summed E-state index contributed by atoms with van der Waals surface area (Å²) in [5.41, 5.74) is 4.88. The molecule has 3 heteroatoms. The van der Waals surface area contributed by atoms with Gasteiger partial charge in [0.15, 0.2) is 0 Å². The zero-order valence-corrected chi connectivity index (χ0v) is 11.6. The zero-order chi connectivity index (χ0) is 12.3. The summed E-state index contributed by atoms with van der Waals surface area (Å²) in [6, 6.07) is 8.21. The molecule has 88 valence electrons. The molecule has 1 aromatic carbocycles. The minimum Gasteiger partial charge on any atom is -0.381 e. The Hall–Kier alpha value is -1.35. The van der Waals surface area contributed by atoms with Crippen LogP contribution in [0.1, 0.15) is 16.7 Å². The van der Waals surface area contributed by atoms with E-state index in [1.54, 1.807) is 0 Å². The Kier molecular flexibility index (Phi) is 3.79. The van der Waals surface area contributed by atoms with Crippen LogP contribution < -0.4 is 5.32 Å². The lowest BCUT2D eigenvalue weighted by Gasteiger charge is -2.11. The molecule has 0 saturated carbocycles. The molecule has 2 nitrogen and oxygen atoms in total. The van der Waals surface area contributed by atoms with Crippen molar-refractivity contribution in [3.05, 3.63) is 57.8 Å². The van der Waals surface area contributed by atoms with Crippen molar-refractivity contribution in [3.8, 4) is 0 Å². The first-order valence-electron chi connectivity index (χ1n) is 5.57. The van der Waals surface area contributed by atoms with Gasteiger partial charge in [0, 0.05) is 29.1 Å². The van der Waals surface area contributed by atoms with Gasteiger partial charge in [0.1, 0.15) is 0 Å². The van der Waals surface area contributed by atoms with Crippen molar-refractivity contribution in [1.82, 2.24) is 4.98 Å². The molecule has 2 rings (SSSR count). The summed E-state index contributed by atoms with van der Waals surface area (Å²) in [4.78, 5) is 4.15. The fraction of sp³-hybridized carbons (Fsp3) is 0.214. The predicted octanol–water partition coefficient (Wildman–Crippen LogP) is 4.07. The monoisotopic (exact) mass is 290 g/mol. The van der Waals surface area contributed by atoms with Crippen LogP contribution in [0.3, 0.4) is 0 Å². The van der Waals surface area contributed by atoms with Crippen LogP contribution in [0, 0.1) is 13.8 Å². The van der Waals surface area contributed by atoms with Gasteiger partial charge in [-0.15, -0.1) is 0 Å². The van der Waals surface area contributed by atoms with Crippen LogP contribution in [0.4, 0.5) is 5.69 Å². The van der Waals surface area contributed by atoms with E-state index in [-0.39, 0.29) is 0 Å². The lowest BCUT2D eigenvalue weighted by molar-refractivity contribution is 1.08. The van der Waals surface area contributed by atoms with Crippen LogP contribution in [0.2, 0.25) is 0 Å². The summed E-state index contributed by atoms with van der Waals surface area (Å²) in [7, 11) is 0. The Morgan fingerprint density at radius 1 is 1.24 bits per heavy atom. The number of rotatable bonds is 3. The van der Waals surface area contributed by atoms with Gasteiger partial charge < -0.3 is 5.32 Å². The maximum absolute atomic E-state index is 4.15. The fourth-order valence-corrected chi connectivity index (χ4v) is 2.04. The molecule has 0 fully saturated rings. The summed E-state index contributed by atoms with van der Waals surface area (Å²) in [5.74, 6) is 0. The number of pyridine rings is 1. The van der Waals surface area contributed by atoms with E-state index in [2.05, 4.69) is 52.2 Å². The van der Waals surface area contributed by atoms with Crippen LogP contribution in [0.25, 0.3) is 0 Å². The fourth-order valence-electron chi connectivity index (χ4n) is 1.67. The van der Waals surface area contributed by atoms with Crippen molar-refractivity contribution in [2.24, 2.45) is 0 Å². The van der Waals surface area contributed by atoms with Gasteiger partial charge in [0.05, 0.1) is 0 Å². The van der Waals surface area contributed by atoms with Crippen LogP contribution in [0.15, 0.2) is 41.1 Å². The number of nitrogens with zero attached hydrogens (tertiary/aromatic N) is 1. The largest absolute Gasteiger partial charge is 0.381 e. The van der Waals surface area contributed by atoms with Crippen molar-refractivity contribution >= 4 is 21.6 Å². The standard InChI is InChI=1S/C14H15BrN2/c1-10-6-7-16-8-12(10)9-17-14-5-3-4-13(15)11(14)2/h3-8,17H,9H2,1-2H3. The highest BCUT2D eigenvalue weighted by atomic mass is 79.9. The molecule has 0 radical (unpaired) electrons. The number of hydrogen-bond donors (Lipinski definition) is 1. The first kappa shape index (κ1) is 12.1. The number of aryl methyl sites for hydroxylation is 1. The van der Waals surface area contributed by atoms with E-state index in [1.165, 1.54) is 16.7 Å². The molecule has 0 unspecified atom stereocenters. The summed E-state index contributed by atoms with van der Waals surface area (Å²) in [5, 5.41) is 3.44. The van der Waals surface area contributed by atoms with Gasteiger partial charge in [-0.3, -0.25) is 4.98 Å². The first-order chi connectivity index (χ1) is 8.18. The average molecular weight is 291 g/mol. The number of halogens is 1. The normalized spacial score (nSPS) is 10.3. The minimum absolute atomic E-state index is 0.803. The van der Waals surface area contributed by atoms with Gasteiger partial charge in [-0.05, 0) is 48.7 Å². The Morgan fingerprint density at radius 3 is 2.82 bits per heavy atom. The van der Waals surface area contributed by atoms with Crippen LogP contribution in [-0.2, 0) is 6.54 Å². The molecule has 0 atom stereocenters. The predicted molar refractivity (Wildman–Crippen MR) is 75.2 cm³/mol. The van der Waals surface area contributed by atoms with Gasteiger partial charge in [0.2, 0.25) is 0 Å². The maximum Gasteiger partial charge on any atom is 0.0418 e. The number of benzene rings is 1. The van der Waals surface area contributed by atoms with Crippen molar-refractivity contribution < 1.29 is 0 Å². The number of anilines is 1. The van der Waals surface area contributed by atoms with E-state index in [9.17, 15) is 0 Å². The third-order valence-corrected chi connectivity index (χ3v) is 3.74. The zero-order valence-electron chi connectivity index (χ0n) is 10.00. The molecule has 0 bridgehead atoms. The second kappa shape index (κ2) is 5.32. The second-order valence-electron chi connectivity index (χ2n) is 4.07. The van der Waals surface area contributed by atoms with E-state index < -0.39 is 0 Å². The van der Waals surface area contributed by atoms with E-state index in [4.69, 9.17) is 0 Å². The Bertz CT molecular complexity index is 523. The van der Waals surface area contributed by atoms with Crippen molar-refractivity contribution in [2.75, 3.05) is 5.32 Å². The van der Waals surface area contributed by atoms with E-state index >= 15 is 0 Å². The Morgan fingerprint density at radius 2 is 2.06 bits per heavy atom. The van der Waals surface area contributed by atoms with Crippen molar-refractivity contribution in [3.63, 3.8) is 0 Å². The Balaban J connectivity index is 2.13. The lowest BCUT2D eigenvalue weighted by atomic mass is 10.1. The third kappa shape index (κ3) is 2.86. The molecule has 1 aromatic heterocycles. The summed E-state index contributed by atoms with van der Waals surface area (Å²) in [6.07, 6.45) is 3.73. The third-order valence-electron chi connectivity index (χ3n) is 2.88. The van der Waals surface area contributed by atoms with Crippen LogP contribution in [0.5, 0.6) is 0 Å². The highest BCUT2D eigenvalue weighted by Gasteiger charge is 2.02. The number of aromatic nitrogens is 1. The molecular formula is C14H15BrN2. The quantitative estimate of drug-likeness (QED) is 0.922. The lowest BCUT2D eigenvalue weighted by Crippen LogP contribution is -2.03. The van der Waals surface area contributed by atoms with Crippen molar-refractivity contribution in [2.45, 2.75) is 20.4 Å². The summed E-state index contributed by atoms with van der Waals surface area (Å²) in [6.45, 7) is 5.01. The molecule has 0 aliphatic carbocycles. The molecule has 0 amide bonds. The maximum atomic E-state index is 4.15.